The number of alkyl halides is 3. The monoisotopic (exact) mass is 508 g/mol. The van der Waals surface area contributed by atoms with E-state index in [1.807, 2.05) is 7.05 Å². The van der Waals surface area contributed by atoms with Crippen LogP contribution in [0.1, 0.15) is 29.9 Å². The van der Waals surface area contributed by atoms with Crippen molar-refractivity contribution in [3.63, 3.8) is 0 Å². The summed E-state index contributed by atoms with van der Waals surface area (Å²) in [6.45, 7) is 5.85. The predicted octanol–water partition coefficient (Wildman–Crippen LogP) is 4.99. The minimum absolute atomic E-state index is 0.105. The minimum atomic E-state index is -4.66. The molecule has 1 fully saturated rings. The number of anilines is 1. The van der Waals surface area contributed by atoms with Crippen molar-refractivity contribution in [1.29, 1.82) is 0 Å². The Kier molecular flexibility index (Phi) is 7.51. The van der Waals surface area contributed by atoms with Crippen molar-refractivity contribution in [2.24, 2.45) is 0 Å². The molecule has 1 saturated heterocycles. The molecule has 7 nitrogen and oxygen atoms in total. The lowest BCUT2D eigenvalue weighted by molar-refractivity contribution is -0.137. The van der Waals surface area contributed by atoms with Crippen molar-refractivity contribution in [2.75, 3.05) is 45.8 Å². The van der Waals surface area contributed by atoms with Crippen molar-refractivity contribution in [2.45, 2.75) is 32.2 Å². The summed E-state index contributed by atoms with van der Waals surface area (Å²) in [5, 5.41) is 3.69. The molecule has 0 saturated carbocycles. The lowest BCUT2D eigenvalue weighted by Crippen LogP contribution is -2.42. The van der Waals surface area contributed by atoms with Gasteiger partial charge in [0, 0.05) is 24.5 Å². The van der Waals surface area contributed by atoms with Gasteiger partial charge in [0.15, 0.2) is 11.5 Å². The second-order valence-corrected chi connectivity index (χ2v) is 8.84. The zero-order chi connectivity index (χ0) is 26.0. The third-order valence-corrected chi connectivity index (χ3v) is 5.96. The summed E-state index contributed by atoms with van der Waals surface area (Å²) in [5.74, 6) is 0.790. The SMILES string of the molecule is COc1cc2nc(C)nc(N[C@H](C)c3cc(F)cc(C(F)(F)F)c3)c2cc1OC[C@H]1CN(C)CCO1. The van der Waals surface area contributed by atoms with E-state index in [4.69, 9.17) is 14.2 Å². The van der Waals surface area contributed by atoms with Gasteiger partial charge in [-0.3, -0.25) is 0 Å². The van der Waals surface area contributed by atoms with Gasteiger partial charge in [-0.05, 0) is 50.7 Å². The van der Waals surface area contributed by atoms with Crippen molar-refractivity contribution >= 4 is 16.7 Å². The van der Waals surface area contributed by atoms with Crippen molar-refractivity contribution in [3.05, 3.63) is 53.1 Å². The number of hydrogen-bond acceptors (Lipinski definition) is 7. The highest BCUT2D eigenvalue weighted by Crippen LogP contribution is 2.36. The van der Waals surface area contributed by atoms with E-state index in [1.165, 1.54) is 7.11 Å². The molecule has 2 aromatic carbocycles. The maximum Gasteiger partial charge on any atom is 0.416 e. The largest absolute Gasteiger partial charge is 0.493 e. The second kappa shape index (κ2) is 10.4. The van der Waals surface area contributed by atoms with E-state index < -0.39 is 23.6 Å². The van der Waals surface area contributed by atoms with Crippen LogP contribution in [0.25, 0.3) is 10.9 Å². The Bertz CT molecular complexity index is 1240. The normalized spacial score (nSPS) is 17.7. The number of fused-ring (bicyclic) bond motifs is 1. The average Bonchev–Trinajstić information content (AvgIpc) is 2.81. The first-order valence-corrected chi connectivity index (χ1v) is 11.5. The van der Waals surface area contributed by atoms with E-state index in [0.29, 0.717) is 53.3 Å². The fourth-order valence-electron chi connectivity index (χ4n) is 4.10. The van der Waals surface area contributed by atoms with Crippen LogP contribution in [0, 0.1) is 12.7 Å². The van der Waals surface area contributed by atoms with Crippen LogP contribution >= 0.6 is 0 Å². The number of halogens is 4. The first-order chi connectivity index (χ1) is 17.0. The molecule has 36 heavy (non-hydrogen) atoms. The lowest BCUT2D eigenvalue weighted by Gasteiger charge is -2.30. The fraction of sp³-hybridized carbons (Fsp3) is 0.440. The molecule has 4 rings (SSSR count). The van der Waals surface area contributed by atoms with Gasteiger partial charge in [-0.15, -0.1) is 0 Å². The summed E-state index contributed by atoms with van der Waals surface area (Å²) < 4.78 is 70.9. The Labute approximate surface area is 206 Å². The molecule has 194 valence electrons. The van der Waals surface area contributed by atoms with Crippen molar-refractivity contribution in [3.8, 4) is 11.5 Å². The predicted molar refractivity (Wildman–Crippen MR) is 127 cm³/mol. The van der Waals surface area contributed by atoms with Crippen molar-refractivity contribution < 1.29 is 31.8 Å². The molecule has 0 unspecified atom stereocenters. The zero-order valence-electron chi connectivity index (χ0n) is 20.4. The van der Waals surface area contributed by atoms with E-state index in [-0.39, 0.29) is 11.7 Å². The standard InChI is InChI=1S/C25H28F4N4O3/c1-14(16-7-17(25(27,28)29)9-18(26)8-16)30-24-20-10-23(36-13-19-12-33(3)5-6-35-19)22(34-4)11-21(20)31-15(2)32-24/h7-11,14,19H,5-6,12-13H2,1-4H3,(H,30,31,32)/t14-,19-/m1/s1. The quantitative estimate of drug-likeness (QED) is 0.451. The smallest absolute Gasteiger partial charge is 0.416 e. The number of rotatable bonds is 7. The van der Waals surface area contributed by atoms with Gasteiger partial charge in [0.25, 0.3) is 0 Å². The number of likely N-dealkylation sites (N-methyl/N-ethyl adjacent to an activating group) is 1. The first kappa shape index (κ1) is 25.9. The highest BCUT2D eigenvalue weighted by Gasteiger charge is 2.32. The maximum absolute atomic E-state index is 14.0. The highest BCUT2D eigenvalue weighted by molar-refractivity contribution is 5.92. The number of nitrogens with one attached hydrogen (secondary N) is 1. The Morgan fingerprint density at radius 3 is 2.64 bits per heavy atom. The number of methoxy groups -OCH3 is 1. The maximum atomic E-state index is 14.0. The molecule has 1 N–H and O–H groups in total. The van der Waals surface area contributed by atoms with Crippen LogP contribution in [-0.4, -0.2) is 61.4 Å². The average molecular weight is 509 g/mol. The molecular formula is C25H28F4N4O3. The van der Waals surface area contributed by atoms with Crippen LogP contribution in [0.5, 0.6) is 11.5 Å². The summed E-state index contributed by atoms with van der Waals surface area (Å²) in [4.78, 5) is 11.1. The third-order valence-electron chi connectivity index (χ3n) is 5.96. The van der Waals surface area contributed by atoms with E-state index in [0.717, 1.165) is 25.2 Å². The molecule has 1 aliphatic heterocycles. The molecule has 0 spiro atoms. The Balaban J connectivity index is 1.65. The topological polar surface area (TPSA) is 68.7 Å². The van der Waals surface area contributed by atoms with Gasteiger partial charge in [0.05, 0.1) is 30.8 Å². The Hall–Kier alpha value is -3.18. The molecule has 1 aromatic heterocycles. The zero-order valence-corrected chi connectivity index (χ0v) is 20.4. The molecule has 2 atom stereocenters. The summed E-state index contributed by atoms with van der Waals surface area (Å²) >= 11 is 0. The molecular weight excluding hydrogens is 480 g/mol. The Morgan fingerprint density at radius 2 is 1.94 bits per heavy atom. The van der Waals surface area contributed by atoms with E-state index in [9.17, 15) is 17.6 Å². The third kappa shape index (κ3) is 5.96. The molecule has 2 heterocycles. The van der Waals surface area contributed by atoms with Gasteiger partial charge >= 0.3 is 6.18 Å². The minimum Gasteiger partial charge on any atom is -0.493 e. The number of nitrogens with zero attached hydrogens (tertiary/aromatic N) is 3. The van der Waals surface area contributed by atoms with Gasteiger partial charge in [0.2, 0.25) is 0 Å². The molecule has 11 heteroatoms. The van der Waals surface area contributed by atoms with Gasteiger partial charge in [-0.1, -0.05) is 0 Å². The number of ether oxygens (including phenoxy) is 3. The molecule has 3 aromatic rings. The van der Waals surface area contributed by atoms with E-state index >= 15 is 0 Å². The molecule has 0 bridgehead atoms. The second-order valence-electron chi connectivity index (χ2n) is 8.84. The first-order valence-electron chi connectivity index (χ1n) is 11.5. The number of benzene rings is 2. The summed E-state index contributed by atoms with van der Waals surface area (Å²) in [6, 6.07) is 5.23. The summed E-state index contributed by atoms with van der Waals surface area (Å²) in [5.41, 5.74) is -0.355. The Morgan fingerprint density at radius 1 is 1.17 bits per heavy atom. The van der Waals surface area contributed by atoms with Gasteiger partial charge < -0.3 is 24.4 Å². The highest BCUT2D eigenvalue weighted by atomic mass is 19.4. The number of aromatic nitrogens is 2. The molecule has 0 aliphatic carbocycles. The van der Waals surface area contributed by atoms with Crippen molar-refractivity contribution in [1.82, 2.24) is 14.9 Å². The van der Waals surface area contributed by atoms with Crippen LogP contribution in [0.2, 0.25) is 0 Å². The van der Waals surface area contributed by atoms with E-state index in [2.05, 4.69) is 20.2 Å². The molecule has 1 aliphatic rings. The van der Waals surface area contributed by atoms with Gasteiger partial charge in [-0.2, -0.15) is 13.2 Å². The van der Waals surface area contributed by atoms with Crippen LogP contribution < -0.4 is 14.8 Å². The number of aryl methyl sites for hydroxylation is 1. The summed E-state index contributed by atoms with van der Waals surface area (Å²) in [6.07, 6.45) is -4.76. The van der Waals surface area contributed by atoms with Crippen LogP contribution in [-0.2, 0) is 10.9 Å². The fourth-order valence-corrected chi connectivity index (χ4v) is 4.10. The summed E-state index contributed by atoms with van der Waals surface area (Å²) in [7, 11) is 3.54. The number of morpholine rings is 1. The lowest BCUT2D eigenvalue weighted by atomic mass is 10.0. The van der Waals surface area contributed by atoms with Crippen LogP contribution in [0.3, 0.4) is 0 Å². The van der Waals surface area contributed by atoms with E-state index in [1.54, 1.807) is 26.0 Å². The van der Waals surface area contributed by atoms with Gasteiger partial charge in [-0.25, -0.2) is 14.4 Å². The molecule has 0 radical (unpaired) electrons. The number of hydrogen-bond donors (Lipinski definition) is 1. The molecule has 0 amide bonds. The van der Waals surface area contributed by atoms with Crippen LogP contribution in [0.4, 0.5) is 23.4 Å². The van der Waals surface area contributed by atoms with Crippen LogP contribution in [0.15, 0.2) is 30.3 Å². The van der Waals surface area contributed by atoms with Gasteiger partial charge in [0.1, 0.15) is 30.2 Å².